The van der Waals surface area contributed by atoms with Crippen molar-refractivity contribution in [3.63, 3.8) is 0 Å². The molecule has 0 saturated heterocycles. The first-order valence-corrected chi connectivity index (χ1v) is 5.89. The van der Waals surface area contributed by atoms with Gasteiger partial charge in [0.2, 0.25) is 5.91 Å². The van der Waals surface area contributed by atoms with Crippen molar-refractivity contribution in [3.05, 3.63) is 47.8 Å². The number of amides is 1. The lowest BCUT2D eigenvalue weighted by molar-refractivity contribution is -0.111. The van der Waals surface area contributed by atoms with E-state index in [0.717, 1.165) is 16.9 Å². The number of rotatable bonds is 3. The molecule has 0 fully saturated rings. The minimum Gasteiger partial charge on any atom is -0.399 e. The summed E-state index contributed by atoms with van der Waals surface area (Å²) in [4.78, 5) is 11.8. The van der Waals surface area contributed by atoms with Crippen molar-refractivity contribution in [1.82, 2.24) is 9.78 Å². The van der Waals surface area contributed by atoms with Gasteiger partial charge in [0.05, 0.1) is 11.4 Å². The molecule has 0 spiro atoms. The fraction of sp³-hybridized carbons (Fsp3) is 0.143. The molecule has 0 atom stereocenters. The highest BCUT2D eigenvalue weighted by Gasteiger charge is 2.04. The summed E-state index contributed by atoms with van der Waals surface area (Å²) in [5.41, 5.74) is 8.72. The van der Waals surface area contributed by atoms with Crippen molar-refractivity contribution in [2.45, 2.75) is 6.92 Å². The van der Waals surface area contributed by atoms with Crippen molar-refractivity contribution in [1.29, 1.82) is 0 Å². The molecule has 0 aliphatic heterocycles. The van der Waals surface area contributed by atoms with E-state index in [1.54, 1.807) is 29.1 Å². The fourth-order valence-corrected chi connectivity index (χ4v) is 1.68. The largest absolute Gasteiger partial charge is 0.399 e. The number of hydrogen-bond acceptors (Lipinski definition) is 3. The third-order valence-electron chi connectivity index (χ3n) is 2.63. The summed E-state index contributed by atoms with van der Waals surface area (Å²) in [5.74, 6) is -0.187. The van der Waals surface area contributed by atoms with E-state index in [-0.39, 0.29) is 5.91 Å². The highest BCUT2D eigenvalue weighted by Crippen LogP contribution is 2.12. The molecule has 1 aromatic heterocycles. The van der Waals surface area contributed by atoms with Crippen LogP contribution in [-0.2, 0) is 11.8 Å². The predicted molar refractivity (Wildman–Crippen MR) is 76.5 cm³/mol. The lowest BCUT2D eigenvalue weighted by Crippen LogP contribution is -2.07. The molecule has 2 aromatic rings. The minimum absolute atomic E-state index is 0.187. The Bertz CT molecular complexity index is 611. The van der Waals surface area contributed by atoms with E-state index in [1.807, 2.05) is 26.1 Å². The summed E-state index contributed by atoms with van der Waals surface area (Å²) in [7, 11) is 1.81. The second-order valence-corrected chi connectivity index (χ2v) is 4.29. The summed E-state index contributed by atoms with van der Waals surface area (Å²) in [5, 5.41) is 6.93. The Kier molecular flexibility index (Phi) is 3.66. The molecular weight excluding hydrogens is 240 g/mol. The van der Waals surface area contributed by atoms with Gasteiger partial charge in [0.1, 0.15) is 0 Å². The van der Waals surface area contributed by atoms with Crippen LogP contribution in [0, 0.1) is 6.92 Å². The van der Waals surface area contributed by atoms with Gasteiger partial charge >= 0.3 is 0 Å². The van der Waals surface area contributed by atoms with Gasteiger partial charge in [0.15, 0.2) is 0 Å². The van der Waals surface area contributed by atoms with E-state index >= 15 is 0 Å². The number of nitrogen functional groups attached to an aromatic ring is 1. The molecule has 1 aromatic carbocycles. The van der Waals surface area contributed by atoms with Crippen LogP contribution >= 0.6 is 0 Å². The summed E-state index contributed by atoms with van der Waals surface area (Å²) in [6.45, 7) is 1.85. The van der Waals surface area contributed by atoms with E-state index in [0.29, 0.717) is 5.69 Å². The second kappa shape index (κ2) is 5.39. The zero-order valence-corrected chi connectivity index (χ0v) is 10.9. The molecule has 0 aliphatic carbocycles. The smallest absolute Gasteiger partial charge is 0.248 e. The lowest BCUT2D eigenvalue weighted by atomic mass is 10.2. The van der Waals surface area contributed by atoms with Crippen molar-refractivity contribution in [2.75, 3.05) is 11.1 Å². The van der Waals surface area contributed by atoms with Crippen LogP contribution < -0.4 is 11.1 Å². The van der Waals surface area contributed by atoms with Crippen LogP contribution in [0.15, 0.2) is 36.5 Å². The molecule has 1 heterocycles. The molecule has 0 unspecified atom stereocenters. The Labute approximate surface area is 111 Å². The Balaban J connectivity index is 2.01. The molecule has 0 aliphatic rings. The maximum atomic E-state index is 11.8. The number of hydrogen-bond donors (Lipinski definition) is 2. The quantitative estimate of drug-likeness (QED) is 0.651. The van der Waals surface area contributed by atoms with Crippen LogP contribution in [-0.4, -0.2) is 15.7 Å². The number of anilines is 2. The number of aromatic nitrogens is 2. The predicted octanol–water partition coefficient (Wildman–Crippen LogP) is 1.96. The SMILES string of the molecule is Cc1nn(C)cc1NC(=O)/C=C/c1ccc(N)cc1. The Morgan fingerprint density at radius 2 is 2.05 bits per heavy atom. The monoisotopic (exact) mass is 256 g/mol. The Morgan fingerprint density at radius 3 is 2.63 bits per heavy atom. The molecule has 2 rings (SSSR count). The van der Waals surface area contributed by atoms with Crippen LogP contribution in [0.4, 0.5) is 11.4 Å². The first kappa shape index (κ1) is 12.9. The zero-order valence-electron chi connectivity index (χ0n) is 10.9. The number of carbonyl (C=O) groups excluding carboxylic acids is 1. The number of nitrogens with one attached hydrogen (secondary N) is 1. The van der Waals surface area contributed by atoms with Crippen LogP contribution in [0.2, 0.25) is 0 Å². The van der Waals surface area contributed by atoms with Gasteiger partial charge in [-0.3, -0.25) is 9.48 Å². The first-order chi connectivity index (χ1) is 9.04. The van der Waals surface area contributed by atoms with Crippen molar-refractivity contribution in [2.24, 2.45) is 7.05 Å². The van der Waals surface area contributed by atoms with E-state index in [2.05, 4.69) is 10.4 Å². The summed E-state index contributed by atoms with van der Waals surface area (Å²) < 4.78 is 1.66. The first-order valence-electron chi connectivity index (χ1n) is 5.89. The number of aryl methyl sites for hydroxylation is 2. The molecule has 0 saturated carbocycles. The van der Waals surface area contributed by atoms with Gasteiger partial charge < -0.3 is 11.1 Å². The van der Waals surface area contributed by atoms with Crippen LogP contribution in [0.5, 0.6) is 0 Å². The highest BCUT2D eigenvalue weighted by molar-refractivity contribution is 6.02. The lowest BCUT2D eigenvalue weighted by Gasteiger charge is -1.99. The van der Waals surface area contributed by atoms with Crippen LogP contribution in [0.3, 0.4) is 0 Å². The number of nitrogens with zero attached hydrogens (tertiary/aromatic N) is 2. The maximum absolute atomic E-state index is 11.8. The zero-order chi connectivity index (χ0) is 13.8. The number of benzene rings is 1. The van der Waals surface area contributed by atoms with Crippen molar-refractivity contribution < 1.29 is 4.79 Å². The molecule has 98 valence electrons. The normalized spacial score (nSPS) is 10.8. The third-order valence-corrected chi connectivity index (χ3v) is 2.63. The number of carbonyl (C=O) groups is 1. The van der Waals surface area contributed by atoms with Gasteiger partial charge in [-0.05, 0) is 30.7 Å². The summed E-state index contributed by atoms with van der Waals surface area (Å²) >= 11 is 0. The van der Waals surface area contributed by atoms with Gasteiger partial charge in [-0.15, -0.1) is 0 Å². The molecule has 1 amide bonds. The van der Waals surface area contributed by atoms with Gasteiger partial charge in [-0.1, -0.05) is 12.1 Å². The van der Waals surface area contributed by atoms with Crippen molar-refractivity contribution in [3.8, 4) is 0 Å². The molecule has 5 nitrogen and oxygen atoms in total. The number of nitrogens with two attached hydrogens (primary N) is 1. The van der Waals surface area contributed by atoms with E-state index in [9.17, 15) is 4.79 Å². The fourth-order valence-electron chi connectivity index (χ4n) is 1.68. The van der Waals surface area contributed by atoms with Gasteiger partial charge in [0.25, 0.3) is 0 Å². The average Bonchev–Trinajstić information content (AvgIpc) is 2.67. The molecule has 0 radical (unpaired) electrons. The summed E-state index contributed by atoms with van der Waals surface area (Å²) in [6, 6.07) is 7.30. The van der Waals surface area contributed by atoms with Gasteiger partial charge in [-0.2, -0.15) is 5.10 Å². The highest BCUT2D eigenvalue weighted by atomic mass is 16.1. The molecule has 3 N–H and O–H groups in total. The third kappa shape index (κ3) is 3.45. The van der Waals surface area contributed by atoms with Crippen molar-refractivity contribution >= 4 is 23.4 Å². The van der Waals surface area contributed by atoms with Gasteiger partial charge in [-0.25, -0.2) is 0 Å². The molecule has 0 bridgehead atoms. The summed E-state index contributed by atoms with van der Waals surface area (Å²) in [6.07, 6.45) is 4.99. The van der Waals surface area contributed by atoms with E-state index < -0.39 is 0 Å². The molecule has 19 heavy (non-hydrogen) atoms. The van der Waals surface area contributed by atoms with E-state index in [1.165, 1.54) is 6.08 Å². The Hall–Kier alpha value is -2.56. The average molecular weight is 256 g/mol. The topological polar surface area (TPSA) is 72.9 Å². The standard InChI is InChI=1S/C14H16N4O/c1-10-13(9-18(2)17-10)16-14(19)8-5-11-3-6-12(15)7-4-11/h3-9H,15H2,1-2H3,(H,16,19)/b8-5+. The second-order valence-electron chi connectivity index (χ2n) is 4.29. The molecule has 5 heteroatoms. The maximum Gasteiger partial charge on any atom is 0.248 e. The van der Waals surface area contributed by atoms with Gasteiger partial charge in [0, 0.05) is 25.0 Å². The minimum atomic E-state index is -0.187. The van der Waals surface area contributed by atoms with Crippen LogP contribution in [0.25, 0.3) is 6.08 Å². The van der Waals surface area contributed by atoms with Crippen LogP contribution in [0.1, 0.15) is 11.3 Å². The Morgan fingerprint density at radius 1 is 1.37 bits per heavy atom. The molecular formula is C14H16N4O. The van der Waals surface area contributed by atoms with E-state index in [4.69, 9.17) is 5.73 Å².